The maximum atomic E-state index is 12.5. The number of carbonyl (C=O) groups excluding carboxylic acids is 1. The minimum atomic E-state index is -0.488. The molecule has 0 fully saturated rings. The zero-order valence-electron chi connectivity index (χ0n) is 16.7. The van der Waals surface area contributed by atoms with Crippen LogP contribution < -0.4 is 10.6 Å². The van der Waals surface area contributed by atoms with Gasteiger partial charge in [-0.1, -0.05) is 42.5 Å². The van der Waals surface area contributed by atoms with Gasteiger partial charge in [0, 0.05) is 31.1 Å². The molecule has 0 saturated heterocycles. The maximum absolute atomic E-state index is 12.5. The van der Waals surface area contributed by atoms with Crippen molar-refractivity contribution >= 4 is 28.3 Å². The summed E-state index contributed by atoms with van der Waals surface area (Å²) in [4.78, 5) is 31.2. The number of aromatic amines is 1. The number of nitrogens with zero attached hydrogens (tertiary/aromatic N) is 2. The van der Waals surface area contributed by atoms with Gasteiger partial charge >= 0.3 is 0 Å². The molecule has 0 aliphatic heterocycles. The molecule has 3 aromatic carbocycles. The van der Waals surface area contributed by atoms with Crippen LogP contribution in [0, 0.1) is 10.1 Å². The third kappa shape index (κ3) is 4.87. The van der Waals surface area contributed by atoms with Crippen LogP contribution in [-0.4, -0.2) is 27.3 Å². The standard InChI is InChI=1S/C23H21N5O3/c29-23(24-13-12-22-26-18-8-4-5-9-19(18)27-22)17-10-11-20(21(14-17)28(30)31)25-15-16-6-2-1-3-7-16/h1-11,14,25H,12-13,15H2,(H,24,29)(H,26,27). The summed E-state index contributed by atoms with van der Waals surface area (Å²) >= 11 is 0. The SMILES string of the molecule is O=C(NCCc1nc2ccccc2[nH]1)c1ccc(NCc2ccccc2)c([N+](=O)[O-])c1. The Morgan fingerprint density at radius 3 is 2.58 bits per heavy atom. The van der Waals surface area contributed by atoms with Gasteiger partial charge in [-0.2, -0.15) is 0 Å². The van der Waals surface area contributed by atoms with Crippen molar-refractivity contribution < 1.29 is 9.72 Å². The molecule has 8 nitrogen and oxygen atoms in total. The average Bonchev–Trinajstić information content (AvgIpc) is 3.21. The van der Waals surface area contributed by atoms with Crippen LogP contribution in [0.2, 0.25) is 0 Å². The monoisotopic (exact) mass is 415 g/mol. The predicted molar refractivity (Wildman–Crippen MR) is 119 cm³/mol. The summed E-state index contributed by atoms with van der Waals surface area (Å²) in [5, 5.41) is 17.4. The van der Waals surface area contributed by atoms with Crippen molar-refractivity contribution in [1.29, 1.82) is 0 Å². The molecule has 0 saturated carbocycles. The first-order valence-corrected chi connectivity index (χ1v) is 9.88. The highest BCUT2D eigenvalue weighted by molar-refractivity contribution is 5.95. The third-order valence-corrected chi connectivity index (χ3v) is 4.87. The number of fused-ring (bicyclic) bond motifs is 1. The average molecular weight is 415 g/mol. The van der Waals surface area contributed by atoms with Gasteiger partial charge in [-0.25, -0.2) is 4.98 Å². The van der Waals surface area contributed by atoms with E-state index in [2.05, 4.69) is 20.6 Å². The molecule has 4 rings (SSSR count). The van der Waals surface area contributed by atoms with Crippen molar-refractivity contribution in [1.82, 2.24) is 15.3 Å². The van der Waals surface area contributed by atoms with E-state index in [1.807, 2.05) is 54.6 Å². The van der Waals surface area contributed by atoms with Gasteiger partial charge in [-0.15, -0.1) is 0 Å². The first-order chi connectivity index (χ1) is 15.1. The Bertz CT molecular complexity index is 1190. The van der Waals surface area contributed by atoms with Crippen LogP contribution in [-0.2, 0) is 13.0 Å². The van der Waals surface area contributed by atoms with Gasteiger partial charge in [0.05, 0.1) is 16.0 Å². The smallest absolute Gasteiger partial charge is 0.293 e. The molecule has 1 amide bonds. The van der Waals surface area contributed by atoms with E-state index in [0.29, 0.717) is 25.2 Å². The van der Waals surface area contributed by atoms with Crippen molar-refractivity contribution in [2.45, 2.75) is 13.0 Å². The topological polar surface area (TPSA) is 113 Å². The van der Waals surface area contributed by atoms with Gasteiger partial charge in [-0.3, -0.25) is 14.9 Å². The minimum absolute atomic E-state index is 0.138. The van der Waals surface area contributed by atoms with Crippen molar-refractivity contribution in [2.75, 3.05) is 11.9 Å². The molecule has 31 heavy (non-hydrogen) atoms. The van der Waals surface area contributed by atoms with E-state index < -0.39 is 4.92 Å². The molecule has 1 heterocycles. The minimum Gasteiger partial charge on any atom is -0.375 e. The van der Waals surface area contributed by atoms with Crippen LogP contribution in [0.25, 0.3) is 11.0 Å². The van der Waals surface area contributed by atoms with Crippen LogP contribution in [0.15, 0.2) is 72.8 Å². The number of H-pyrrole nitrogens is 1. The normalized spacial score (nSPS) is 10.7. The van der Waals surface area contributed by atoms with Crippen molar-refractivity contribution in [3.63, 3.8) is 0 Å². The number of carbonyl (C=O) groups is 1. The summed E-state index contributed by atoms with van der Waals surface area (Å²) in [6, 6.07) is 21.7. The number of benzene rings is 3. The number of rotatable bonds is 8. The van der Waals surface area contributed by atoms with E-state index in [4.69, 9.17) is 0 Å². The Hall–Kier alpha value is -4.20. The number of anilines is 1. The number of nitro benzene ring substituents is 1. The molecule has 4 aromatic rings. The molecule has 0 atom stereocenters. The van der Waals surface area contributed by atoms with Gasteiger partial charge in [0.1, 0.15) is 11.5 Å². The number of hydrogen-bond donors (Lipinski definition) is 3. The maximum Gasteiger partial charge on any atom is 0.293 e. The lowest BCUT2D eigenvalue weighted by atomic mass is 10.1. The molecule has 1 aromatic heterocycles. The van der Waals surface area contributed by atoms with E-state index in [0.717, 1.165) is 22.4 Å². The van der Waals surface area contributed by atoms with Crippen LogP contribution in [0.3, 0.4) is 0 Å². The Kier molecular flexibility index (Phi) is 5.89. The molecule has 156 valence electrons. The number of aromatic nitrogens is 2. The van der Waals surface area contributed by atoms with Crippen LogP contribution in [0.4, 0.5) is 11.4 Å². The number of nitro groups is 1. The van der Waals surface area contributed by atoms with Crippen LogP contribution >= 0.6 is 0 Å². The second-order valence-electron chi connectivity index (χ2n) is 7.03. The van der Waals surface area contributed by atoms with Crippen molar-refractivity contribution in [3.05, 3.63) is 99.9 Å². The second-order valence-corrected chi connectivity index (χ2v) is 7.03. The lowest BCUT2D eigenvalue weighted by molar-refractivity contribution is -0.384. The number of imidazole rings is 1. The summed E-state index contributed by atoms with van der Waals surface area (Å²) in [5.74, 6) is 0.404. The largest absolute Gasteiger partial charge is 0.375 e. The molecule has 0 aliphatic rings. The fraction of sp³-hybridized carbons (Fsp3) is 0.130. The summed E-state index contributed by atoms with van der Waals surface area (Å²) in [7, 11) is 0. The van der Waals surface area contributed by atoms with Crippen molar-refractivity contribution in [3.8, 4) is 0 Å². The highest BCUT2D eigenvalue weighted by Gasteiger charge is 2.17. The number of hydrogen-bond acceptors (Lipinski definition) is 5. The second kappa shape index (κ2) is 9.08. The highest BCUT2D eigenvalue weighted by Crippen LogP contribution is 2.26. The number of amides is 1. The summed E-state index contributed by atoms with van der Waals surface area (Å²) in [6.45, 7) is 0.811. The van der Waals surface area contributed by atoms with E-state index in [1.54, 1.807) is 12.1 Å². The molecule has 0 unspecified atom stereocenters. The van der Waals surface area contributed by atoms with E-state index in [9.17, 15) is 14.9 Å². The molecule has 0 spiro atoms. The van der Waals surface area contributed by atoms with Crippen molar-refractivity contribution in [2.24, 2.45) is 0 Å². The zero-order valence-corrected chi connectivity index (χ0v) is 16.7. The van der Waals surface area contributed by atoms with Gasteiger partial charge in [0.2, 0.25) is 0 Å². The number of nitrogens with one attached hydrogen (secondary N) is 3. The Morgan fingerprint density at radius 1 is 1.03 bits per heavy atom. The quantitative estimate of drug-likeness (QED) is 0.297. The van der Waals surface area contributed by atoms with E-state index in [-0.39, 0.29) is 17.2 Å². The lowest BCUT2D eigenvalue weighted by Gasteiger charge is -2.09. The zero-order chi connectivity index (χ0) is 21.6. The van der Waals surface area contributed by atoms with E-state index in [1.165, 1.54) is 6.07 Å². The van der Waals surface area contributed by atoms with Crippen LogP contribution in [0.1, 0.15) is 21.7 Å². The molecular formula is C23H21N5O3. The molecule has 0 radical (unpaired) electrons. The molecule has 3 N–H and O–H groups in total. The molecule has 0 aliphatic carbocycles. The fourth-order valence-electron chi connectivity index (χ4n) is 3.29. The summed E-state index contributed by atoms with van der Waals surface area (Å²) in [6.07, 6.45) is 0.527. The fourth-order valence-corrected chi connectivity index (χ4v) is 3.29. The number of para-hydroxylation sites is 2. The first kappa shape index (κ1) is 20.1. The van der Waals surface area contributed by atoms with Gasteiger partial charge < -0.3 is 15.6 Å². The first-order valence-electron chi connectivity index (χ1n) is 9.88. The Balaban J connectivity index is 1.39. The Morgan fingerprint density at radius 2 is 1.81 bits per heavy atom. The molecular weight excluding hydrogens is 394 g/mol. The molecule has 8 heteroatoms. The third-order valence-electron chi connectivity index (χ3n) is 4.87. The Labute approximate surface area is 178 Å². The van der Waals surface area contributed by atoms with Gasteiger partial charge in [0.15, 0.2) is 0 Å². The lowest BCUT2D eigenvalue weighted by Crippen LogP contribution is -2.26. The van der Waals surface area contributed by atoms with Gasteiger partial charge in [0.25, 0.3) is 11.6 Å². The summed E-state index contributed by atoms with van der Waals surface area (Å²) in [5.41, 5.74) is 3.29. The predicted octanol–water partition coefficient (Wildman–Crippen LogP) is 4.06. The highest BCUT2D eigenvalue weighted by atomic mass is 16.6. The van der Waals surface area contributed by atoms with E-state index >= 15 is 0 Å². The van der Waals surface area contributed by atoms with Crippen LogP contribution in [0.5, 0.6) is 0 Å². The molecule has 0 bridgehead atoms. The van der Waals surface area contributed by atoms with Gasteiger partial charge in [-0.05, 0) is 29.8 Å². The summed E-state index contributed by atoms with van der Waals surface area (Å²) < 4.78 is 0.